The van der Waals surface area contributed by atoms with Crippen LogP contribution in [0.3, 0.4) is 0 Å². The number of carbonyl (C=O) groups excluding carboxylic acids is 1. The van der Waals surface area contributed by atoms with Gasteiger partial charge in [0.25, 0.3) is 5.91 Å². The van der Waals surface area contributed by atoms with Gasteiger partial charge in [0.05, 0.1) is 10.2 Å². The smallest absolute Gasteiger partial charge is 0.271 e. The summed E-state index contributed by atoms with van der Waals surface area (Å²) in [6.45, 7) is 9.86. The molecule has 30 heavy (non-hydrogen) atoms. The number of ether oxygens (including phenoxy) is 1. The van der Waals surface area contributed by atoms with Gasteiger partial charge in [-0.05, 0) is 65.9 Å². The van der Waals surface area contributed by atoms with E-state index in [2.05, 4.69) is 57.4 Å². The van der Waals surface area contributed by atoms with E-state index in [4.69, 9.17) is 4.74 Å². The fraction of sp³-hybridized carbons (Fsp3) is 0.409. The van der Waals surface area contributed by atoms with Crippen molar-refractivity contribution in [2.45, 2.75) is 53.3 Å². The summed E-state index contributed by atoms with van der Waals surface area (Å²) in [5.41, 5.74) is 3.71. The molecule has 0 unspecified atom stereocenters. The second-order valence-corrected chi connectivity index (χ2v) is 8.35. The van der Waals surface area contributed by atoms with Gasteiger partial charge in [-0.2, -0.15) is 10.2 Å². The number of amides is 1. The van der Waals surface area contributed by atoms with Gasteiger partial charge in [-0.15, -0.1) is 0 Å². The Kier molecular flexibility index (Phi) is 7.31. The highest BCUT2D eigenvalue weighted by Gasteiger charge is 2.11. The summed E-state index contributed by atoms with van der Waals surface area (Å²) in [7, 11) is 0. The Bertz CT molecular complexity index is 992. The Morgan fingerprint density at radius 1 is 1.17 bits per heavy atom. The van der Waals surface area contributed by atoms with Crippen molar-refractivity contribution in [3.05, 3.63) is 63.6 Å². The standard InChI is InChI=1S/C22H28BrN5O2/c1-15(2)18-6-8-19(9-7-18)30-14-27-13-10-20(26-27)22(29)24-11-5-12-28-17(4)21(23)16(3)25-28/h6-10,13,15H,5,11-12,14H2,1-4H3,(H,24,29). The van der Waals surface area contributed by atoms with Crippen molar-refractivity contribution >= 4 is 21.8 Å². The topological polar surface area (TPSA) is 74.0 Å². The lowest BCUT2D eigenvalue weighted by Gasteiger charge is -2.09. The number of nitrogens with zero attached hydrogens (tertiary/aromatic N) is 4. The number of hydrogen-bond acceptors (Lipinski definition) is 4. The van der Waals surface area contributed by atoms with Crippen LogP contribution < -0.4 is 10.1 Å². The summed E-state index contributed by atoms with van der Waals surface area (Å²) in [5, 5.41) is 11.7. The third-order valence-electron chi connectivity index (χ3n) is 4.91. The molecular formula is C22H28BrN5O2. The van der Waals surface area contributed by atoms with E-state index in [0.717, 1.165) is 34.6 Å². The van der Waals surface area contributed by atoms with E-state index in [1.165, 1.54) is 5.56 Å². The minimum Gasteiger partial charge on any atom is -0.471 e. The highest BCUT2D eigenvalue weighted by Crippen LogP contribution is 2.20. The van der Waals surface area contributed by atoms with E-state index < -0.39 is 0 Å². The number of halogens is 1. The molecular weight excluding hydrogens is 446 g/mol. The van der Waals surface area contributed by atoms with E-state index in [1.807, 2.05) is 30.7 Å². The molecule has 0 radical (unpaired) electrons. The van der Waals surface area contributed by atoms with Crippen LogP contribution in [0.4, 0.5) is 0 Å². The normalized spacial score (nSPS) is 11.1. The van der Waals surface area contributed by atoms with Gasteiger partial charge in [0.15, 0.2) is 6.73 Å². The van der Waals surface area contributed by atoms with Gasteiger partial charge in [-0.3, -0.25) is 9.48 Å². The molecule has 0 saturated heterocycles. The monoisotopic (exact) mass is 473 g/mol. The first-order valence-corrected chi connectivity index (χ1v) is 10.9. The summed E-state index contributed by atoms with van der Waals surface area (Å²) in [4.78, 5) is 12.3. The molecule has 3 aromatic rings. The van der Waals surface area contributed by atoms with E-state index in [0.29, 0.717) is 18.2 Å². The summed E-state index contributed by atoms with van der Waals surface area (Å²) >= 11 is 3.53. The lowest BCUT2D eigenvalue weighted by molar-refractivity contribution is 0.0945. The van der Waals surface area contributed by atoms with Crippen LogP contribution in [0.25, 0.3) is 0 Å². The molecule has 2 aromatic heterocycles. The van der Waals surface area contributed by atoms with Crippen LogP contribution in [0.5, 0.6) is 5.75 Å². The number of rotatable bonds is 9. The summed E-state index contributed by atoms with van der Waals surface area (Å²) < 4.78 is 10.3. The van der Waals surface area contributed by atoms with E-state index in [-0.39, 0.29) is 12.6 Å². The molecule has 1 aromatic carbocycles. The minimum absolute atomic E-state index is 0.190. The lowest BCUT2D eigenvalue weighted by atomic mass is 10.0. The maximum atomic E-state index is 12.3. The Labute approximate surface area is 185 Å². The number of aryl methyl sites for hydroxylation is 2. The third kappa shape index (κ3) is 5.50. The minimum atomic E-state index is -0.190. The van der Waals surface area contributed by atoms with Crippen LogP contribution in [0.1, 0.15) is 53.6 Å². The van der Waals surface area contributed by atoms with Crippen molar-refractivity contribution in [1.29, 1.82) is 0 Å². The molecule has 1 N–H and O–H groups in total. The Morgan fingerprint density at radius 2 is 1.90 bits per heavy atom. The van der Waals surface area contributed by atoms with Crippen molar-refractivity contribution in [3.63, 3.8) is 0 Å². The molecule has 1 amide bonds. The molecule has 7 nitrogen and oxygen atoms in total. The largest absolute Gasteiger partial charge is 0.471 e. The van der Waals surface area contributed by atoms with Crippen molar-refractivity contribution < 1.29 is 9.53 Å². The molecule has 0 aliphatic rings. The van der Waals surface area contributed by atoms with Gasteiger partial charge in [0, 0.05) is 25.0 Å². The molecule has 0 bridgehead atoms. The number of nitrogens with one attached hydrogen (secondary N) is 1. The van der Waals surface area contributed by atoms with Crippen molar-refractivity contribution in [2.75, 3.05) is 6.54 Å². The fourth-order valence-corrected chi connectivity index (χ4v) is 3.34. The molecule has 3 rings (SSSR count). The van der Waals surface area contributed by atoms with Crippen molar-refractivity contribution in [3.8, 4) is 5.75 Å². The van der Waals surface area contributed by atoms with Gasteiger partial charge in [0.2, 0.25) is 0 Å². The third-order valence-corrected chi connectivity index (χ3v) is 6.06. The zero-order valence-corrected chi connectivity index (χ0v) is 19.4. The molecule has 160 valence electrons. The average molecular weight is 474 g/mol. The van der Waals surface area contributed by atoms with Crippen molar-refractivity contribution in [2.24, 2.45) is 0 Å². The number of benzene rings is 1. The number of hydrogen-bond donors (Lipinski definition) is 1. The van der Waals surface area contributed by atoms with Gasteiger partial charge >= 0.3 is 0 Å². The first-order valence-electron chi connectivity index (χ1n) is 10.1. The fourth-order valence-electron chi connectivity index (χ4n) is 3.06. The number of carbonyl (C=O) groups is 1. The second kappa shape index (κ2) is 9.93. The maximum absolute atomic E-state index is 12.3. The predicted octanol–water partition coefficient (Wildman–Crippen LogP) is 4.44. The van der Waals surface area contributed by atoms with Crippen molar-refractivity contribution in [1.82, 2.24) is 24.9 Å². The number of aromatic nitrogens is 4. The highest BCUT2D eigenvalue weighted by molar-refractivity contribution is 9.10. The molecule has 0 fully saturated rings. The van der Waals surface area contributed by atoms with Crippen LogP contribution >= 0.6 is 15.9 Å². The van der Waals surface area contributed by atoms with Gasteiger partial charge < -0.3 is 10.1 Å². The first-order chi connectivity index (χ1) is 14.3. The Hall–Kier alpha value is -2.61. The van der Waals surface area contributed by atoms with E-state index >= 15 is 0 Å². The Balaban J connectivity index is 1.43. The van der Waals surface area contributed by atoms with Crippen LogP contribution in [-0.4, -0.2) is 32.0 Å². The zero-order chi connectivity index (χ0) is 21.7. The molecule has 0 aliphatic carbocycles. The lowest BCUT2D eigenvalue weighted by Crippen LogP contribution is -2.26. The van der Waals surface area contributed by atoms with Gasteiger partial charge in [0.1, 0.15) is 11.4 Å². The predicted molar refractivity (Wildman–Crippen MR) is 120 cm³/mol. The highest BCUT2D eigenvalue weighted by atomic mass is 79.9. The first kappa shape index (κ1) is 22.1. The summed E-state index contributed by atoms with van der Waals surface area (Å²) in [6, 6.07) is 9.72. The van der Waals surface area contributed by atoms with Crippen LogP contribution in [0.15, 0.2) is 41.0 Å². The summed E-state index contributed by atoms with van der Waals surface area (Å²) in [6.07, 6.45) is 2.53. The molecule has 2 heterocycles. The molecule has 0 atom stereocenters. The second-order valence-electron chi connectivity index (χ2n) is 7.56. The van der Waals surface area contributed by atoms with Crippen LogP contribution in [0.2, 0.25) is 0 Å². The molecule has 0 aliphatic heterocycles. The summed E-state index contributed by atoms with van der Waals surface area (Å²) in [5.74, 6) is 1.07. The Morgan fingerprint density at radius 3 is 2.53 bits per heavy atom. The van der Waals surface area contributed by atoms with Crippen LogP contribution in [-0.2, 0) is 13.3 Å². The average Bonchev–Trinajstić information content (AvgIpc) is 3.30. The maximum Gasteiger partial charge on any atom is 0.271 e. The molecule has 0 saturated carbocycles. The zero-order valence-electron chi connectivity index (χ0n) is 17.9. The van der Waals surface area contributed by atoms with E-state index in [1.54, 1.807) is 16.9 Å². The van der Waals surface area contributed by atoms with Crippen LogP contribution in [0, 0.1) is 13.8 Å². The molecule has 8 heteroatoms. The van der Waals surface area contributed by atoms with Gasteiger partial charge in [-0.25, -0.2) is 4.68 Å². The molecule has 0 spiro atoms. The SMILES string of the molecule is Cc1nn(CCCNC(=O)c2ccn(COc3ccc(C(C)C)cc3)n2)c(C)c1Br. The quantitative estimate of drug-likeness (QED) is 0.466. The van der Waals surface area contributed by atoms with Gasteiger partial charge in [-0.1, -0.05) is 26.0 Å². The van der Waals surface area contributed by atoms with E-state index in [9.17, 15) is 4.79 Å².